The van der Waals surface area contributed by atoms with E-state index < -0.39 is 60.0 Å². The van der Waals surface area contributed by atoms with Gasteiger partial charge in [-0.25, -0.2) is 4.79 Å². The second kappa shape index (κ2) is 13.1. The highest BCUT2D eigenvalue weighted by Crippen LogP contribution is 2.27. The van der Waals surface area contributed by atoms with Crippen molar-refractivity contribution in [2.24, 2.45) is 11.8 Å². The van der Waals surface area contributed by atoms with Gasteiger partial charge in [0, 0.05) is 5.56 Å². The minimum absolute atomic E-state index is 0.360. The lowest BCUT2D eigenvalue weighted by Crippen LogP contribution is -2.50. The molecular formula is C26H37NO7. The summed E-state index contributed by atoms with van der Waals surface area (Å²) >= 11 is 0. The number of carbonyl (C=O) groups is 4. The molecule has 1 fully saturated rings. The van der Waals surface area contributed by atoms with Gasteiger partial charge in [0.15, 0.2) is 12.1 Å². The molecule has 1 aliphatic rings. The Kier molecular flexibility index (Phi) is 10.5. The molecule has 188 valence electrons. The van der Waals surface area contributed by atoms with Crippen LogP contribution in [-0.4, -0.2) is 48.2 Å². The van der Waals surface area contributed by atoms with Gasteiger partial charge in [0.25, 0.3) is 5.91 Å². The van der Waals surface area contributed by atoms with Crippen LogP contribution in [0.25, 0.3) is 0 Å². The minimum Gasteiger partial charge on any atom is -0.460 e. The third-order valence-electron chi connectivity index (χ3n) is 5.90. The van der Waals surface area contributed by atoms with E-state index in [-0.39, 0.29) is 0 Å². The van der Waals surface area contributed by atoms with Crippen molar-refractivity contribution < 1.29 is 33.4 Å². The van der Waals surface area contributed by atoms with E-state index >= 15 is 0 Å². The summed E-state index contributed by atoms with van der Waals surface area (Å²) in [5, 5.41) is 2.62. The Morgan fingerprint density at radius 1 is 0.971 bits per heavy atom. The van der Waals surface area contributed by atoms with E-state index in [4.69, 9.17) is 14.2 Å². The number of rotatable bonds is 9. The van der Waals surface area contributed by atoms with E-state index in [2.05, 4.69) is 12.2 Å². The Bertz CT molecular complexity index is 839. The fraction of sp³-hybridized carbons (Fsp3) is 0.615. The van der Waals surface area contributed by atoms with Gasteiger partial charge in [-0.3, -0.25) is 14.4 Å². The Balaban J connectivity index is 2.29. The van der Waals surface area contributed by atoms with Gasteiger partial charge in [0.1, 0.15) is 12.2 Å². The molecule has 34 heavy (non-hydrogen) atoms. The fourth-order valence-corrected chi connectivity index (χ4v) is 3.83. The first-order chi connectivity index (χ1) is 16.1. The number of amides is 1. The molecule has 0 saturated carbocycles. The first kappa shape index (κ1) is 27.3. The van der Waals surface area contributed by atoms with E-state index in [0.717, 1.165) is 25.7 Å². The molecule has 0 aromatic heterocycles. The van der Waals surface area contributed by atoms with Crippen molar-refractivity contribution in [3.05, 3.63) is 35.9 Å². The van der Waals surface area contributed by atoms with Gasteiger partial charge >= 0.3 is 17.9 Å². The van der Waals surface area contributed by atoms with Gasteiger partial charge in [0.2, 0.25) is 0 Å². The summed E-state index contributed by atoms with van der Waals surface area (Å²) in [6, 6.07) is 7.21. The standard InChI is InChI=1S/C26H37NO7/c1-6-7-8-12-15-20-22(34-24(29)16(2)3)18(5)33-26(31)21(17(4)32-25(20)30)27-23(28)19-13-10-9-11-14-19/h9-11,13-14,16-18,20-22H,6-8,12,15H2,1-5H3,(H,27,28)/t17-,18+,20-,21+,22+/m1/s1. The molecule has 1 N–H and O–H groups in total. The molecule has 0 unspecified atom stereocenters. The van der Waals surface area contributed by atoms with Crippen LogP contribution < -0.4 is 5.32 Å². The van der Waals surface area contributed by atoms with Crippen molar-refractivity contribution in [1.29, 1.82) is 0 Å². The number of carbonyl (C=O) groups excluding carboxylic acids is 4. The quantitative estimate of drug-likeness (QED) is 0.329. The Morgan fingerprint density at radius 3 is 2.24 bits per heavy atom. The molecule has 2 rings (SSSR count). The average molecular weight is 476 g/mol. The molecule has 0 radical (unpaired) electrons. The molecule has 1 aromatic rings. The van der Waals surface area contributed by atoms with Crippen LogP contribution in [0.4, 0.5) is 0 Å². The van der Waals surface area contributed by atoms with Crippen LogP contribution in [0.15, 0.2) is 30.3 Å². The van der Waals surface area contributed by atoms with Crippen molar-refractivity contribution >= 4 is 23.8 Å². The maximum atomic E-state index is 13.2. The molecular weight excluding hydrogens is 438 g/mol. The smallest absolute Gasteiger partial charge is 0.332 e. The molecule has 1 aromatic carbocycles. The van der Waals surface area contributed by atoms with Crippen LogP contribution in [-0.2, 0) is 28.6 Å². The van der Waals surface area contributed by atoms with Gasteiger partial charge in [-0.15, -0.1) is 0 Å². The molecule has 1 saturated heterocycles. The number of nitrogens with one attached hydrogen (secondary N) is 1. The number of esters is 3. The van der Waals surface area contributed by atoms with Crippen molar-refractivity contribution in [3.8, 4) is 0 Å². The molecule has 0 aliphatic carbocycles. The average Bonchev–Trinajstić information content (AvgIpc) is 2.83. The van der Waals surface area contributed by atoms with Gasteiger partial charge < -0.3 is 19.5 Å². The topological polar surface area (TPSA) is 108 Å². The Morgan fingerprint density at radius 2 is 1.62 bits per heavy atom. The number of unbranched alkanes of at least 4 members (excludes halogenated alkanes) is 3. The van der Waals surface area contributed by atoms with Crippen LogP contribution in [0.2, 0.25) is 0 Å². The van der Waals surface area contributed by atoms with Crippen molar-refractivity contribution in [2.45, 2.75) is 91.1 Å². The van der Waals surface area contributed by atoms with Gasteiger partial charge in [-0.2, -0.15) is 0 Å². The summed E-state index contributed by atoms with van der Waals surface area (Å²) in [4.78, 5) is 51.3. The molecule has 8 nitrogen and oxygen atoms in total. The number of cyclic esters (lactones) is 2. The van der Waals surface area contributed by atoms with E-state index in [1.807, 2.05) is 0 Å². The predicted molar refractivity (Wildman–Crippen MR) is 126 cm³/mol. The molecule has 1 heterocycles. The molecule has 8 heteroatoms. The first-order valence-electron chi connectivity index (χ1n) is 12.1. The van der Waals surface area contributed by atoms with Crippen LogP contribution in [0.5, 0.6) is 0 Å². The zero-order valence-corrected chi connectivity index (χ0v) is 20.7. The van der Waals surface area contributed by atoms with Crippen molar-refractivity contribution in [1.82, 2.24) is 5.32 Å². The largest absolute Gasteiger partial charge is 0.460 e. The Labute approximate surface area is 201 Å². The third kappa shape index (κ3) is 7.57. The summed E-state index contributed by atoms with van der Waals surface area (Å²) < 4.78 is 16.9. The van der Waals surface area contributed by atoms with E-state index in [1.165, 1.54) is 6.92 Å². The lowest BCUT2D eigenvalue weighted by atomic mass is 9.92. The Hall–Kier alpha value is -2.90. The summed E-state index contributed by atoms with van der Waals surface area (Å²) in [6.07, 6.45) is 1.30. The number of benzene rings is 1. The van der Waals surface area contributed by atoms with Crippen molar-refractivity contribution in [3.63, 3.8) is 0 Å². The van der Waals surface area contributed by atoms with E-state index in [0.29, 0.717) is 12.0 Å². The number of ether oxygens (including phenoxy) is 3. The van der Waals surface area contributed by atoms with Crippen LogP contribution >= 0.6 is 0 Å². The number of hydrogen-bond acceptors (Lipinski definition) is 7. The lowest BCUT2D eigenvalue weighted by Gasteiger charge is -2.29. The highest BCUT2D eigenvalue weighted by molar-refractivity contribution is 5.97. The molecule has 0 spiro atoms. The highest BCUT2D eigenvalue weighted by atomic mass is 16.6. The van der Waals surface area contributed by atoms with Crippen LogP contribution in [0, 0.1) is 11.8 Å². The minimum atomic E-state index is -1.21. The molecule has 1 amide bonds. The maximum Gasteiger partial charge on any atom is 0.332 e. The molecule has 1 aliphatic heterocycles. The van der Waals surface area contributed by atoms with Gasteiger partial charge in [-0.05, 0) is 32.4 Å². The van der Waals surface area contributed by atoms with E-state index in [1.54, 1.807) is 51.1 Å². The first-order valence-corrected chi connectivity index (χ1v) is 12.1. The zero-order valence-electron chi connectivity index (χ0n) is 20.7. The normalized spacial score (nSPS) is 25.4. The molecule has 5 atom stereocenters. The predicted octanol–water partition coefficient (Wildman–Crippen LogP) is 3.82. The third-order valence-corrected chi connectivity index (χ3v) is 5.90. The highest BCUT2D eigenvalue weighted by Gasteiger charge is 2.43. The van der Waals surface area contributed by atoms with Crippen molar-refractivity contribution in [2.75, 3.05) is 0 Å². The monoisotopic (exact) mass is 475 g/mol. The van der Waals surface area contributed by atoms with Crippen LogP contribution in [0.1, 0.15) is 77.1 Å². The maximum absolute atomic E-state index is 13.2. The zero-order chi connectivity index (χ0) is 25.3. The second-order valence-corrected chi connectivity index (χ2v) is 9.11. The SMILES string of the molecule is CCCCCC[C@H]1C(=O)O[C@H](C)[C@H](NC(=O)c2ccccc2)C(=O)O[C@@H](C)[C@@H]1OC(=O)C(C)C. The summed E-state index contributed by atoms with van der Waals surface area (Å²) in [6.45, 7) is 8.61. The fourth-order valence-electron chi connectivity index (χ4n) is 3.83. The second-order valence-electron chi connectivity index (χ2n) is 9.11. The van der Waals surface area contributed by atoms with Gasteiger partial charge in [-0.1, -0.05) is 64.7 Å². The summed E-state index contributed by atoms with van der Waals surface area (Å²) in [7, 11) is 0. The molecule has 0 bridgehead atoms. The van der Waals surface area contributed by atoms with Crippen LogP contribution in [0.3, 0.4) is 0 Å². The van der Waals surface area contributed by atoms with Gasteiger partial charge in [0.05, 0.1) is 11.8 Å². The van der Waals surface area contributed by atoms with E-state index in [9.17, 15) is 19.2 Å². The lowest BCUT2D eigenvalue weighted by molar-refractivity contribution is -0.177. The summed E-state index contributed by atoms with van der Waals surface area (Å²) in [5.41, 5.74) is 0.360. The number of hydrogen-bond donors (Lipinski definition) is 1. The summed E-state index contributed by atoms with van der Waals surface area (Å²) in [5.74, 6) is -3.50.